The zero-order valence-electron chi connectivity index (χ0n) is 9.95. The molecule has 0 rings (SSSR count). The molecule has 0 aliphatic heterocycles. The van der Waals surface area contributed by atoms with Crippen LogP contribution in [0.25, 0.3) is 0 Å². The van der Waals surface area contributed by atoms with Gasteiger partial charge in [0.25, 0.3) is 0 Å². The van der Waals surface area contributed by atoms with Crippen LogP contribution in [0.3, 0.4) is 0 Å². The molecule has 3 N–H and O–H groups in total. The summed E-state index contributed by atoms with van der Waals surface area (Å²) in [7, 11) is 6.14. The maximum Gasteiger partial charge on any atom is 0.0867 e. The van der Waals surface area contributed by atoms with Gasteiger partial charge in [-0.25, -0.2) is 0 Å². The fourth-order valence-electron chi connectivity index (χ4n) is 1.38. The van der Waals surface area contributed by atoms with Crippen LogP contribution in [0.4, 0.5) is 0 Å². The fraction of sp³-hybridized carbons (Fsp3) is 1.00. The molecule has 1 unspecified atom stereocenters. The van der Waals surface area contributed by atoms with E-state index in [0.29, 0.717) is 13.1 Å². The normalized spacial score (nSPS) is 16.3. The molecule has 0 spiro atoms. The molecule has 0 saturated heterocycles. The molecule has 0 amide bonds. The van der Waals surface area contributed by atoms with Crippen molar-refractivity contribution in [2.45, 2.75) is 18.9 Å². The number of hydrogen-bond donors (Lipinski definition) is 2. The minimum atomic E-state index is -0.757. The SMILES string of the molecule is CN(C)CCCN(C)CC(C)(O)CN. The summed E-state index contributed by atoms with van der Waals surface area (Å²) in [6.07, 6.45) is 1.12. The number of nitrogens with zero attached hydrogens (tertiary/aromatic N) is 2. The topological polar surface area (TPSA) is 52.7 Å². The van der Waals surface area contributed by atoms with Crippen LogP contribution in [0.1, 0.15) is 13.3 Å². The standard InChI is InChI=1S/C10H25N3O/c1-10(14,8-11)9-13(4)7-5-6-12(2)3/h14H,5-9,11H2,1-4H3. The van der Waals surface area contributed by atoms with E-state index in [2.05, 4.69) is 23.9 Å². The van der Waals surface area contributed by atoms with Crippen LogP contribution in [0.2, 0.25) is 0 Å². The Balaban J connectivity index is 3.60. The first-order valence-electron chi connectivity index (χ1n) is 5.13. The van der Waals surface area contributed by atoms with Crippen molar-refractivity contribution in [1.29, 1.82) is 0 Å². The Kier molecular flexibility index (Phi) is 6.27. The van der Waals surface area contributed by atoms with Crippen molar-refractivity contribution in [1.82, 2.24) is 9.80 Å². The second-order valence-corrected chi connectivity index (χ2v) is 4.60. The lowest BCUT2D eigenvalue weighted by atomic mass is 10.1. The maximum atomic E-state index is 9.73. The Hall–Kier alpha value is -0.160. The Morgan fingerprint density at radius 2 is 1.79 bits per heavy atom. The third kappa shape index (κ3) is 7.26. The van der Waals surface area contributed by atoms with Crippen molar-refractivity contribution in [2.24, 2.45) is 5.73 Å². The van der Waals surface area contributed by atoms with Gasteiger partial charge in [-0.05, 0) is 47.6 Å². The Morgan fingerprint density at radius 3 is 2.21 bits per heavy atom. The largest absolute Gasteiger partial charge is 0.388 e. The maximum absolute atomic E-state index is 9.73. The van der Waals surface area contributed by atoms with Gasteiger partial charge < -0.3 is 20.6 Å². The molecule has 14 heavy (non-hydrogen) atoms. The van der Waals surface area contributed by atoms with Crippen LogP contribution in [0.5, 0.6) is 0 Å². The van der Waals surface area contributed by atoms with Crippen LogP contribution in [0, 0.1) is 0 Å². The van der Waals surface area contributed by atoms with Gasteiger partial charge in [0, 0.05) is 13.1 Å². The quantitative estimate of drug-likeness (QED) is 0.590. The van der Waals surface area contributed by atoms with Crippen molar-refractivity contribution in [3.05, 3.63) is 0 Å². The highest BCUT2D eigenvalue weighted by Crippen LogP contribution is 2.03. The van der Waals surface area contributed by atoms with E-state index in [1.807, 2.05) is 7.05 Å². The van der Waals surface area contributed by atoms with Gasteiger partial charge in [-0.1, -0.05) is 0 Å². The molecule has 0 aliphatic rings. The fourth-order valence-corrected chi connectivity index (χ4v) is 1.38. The minimum absolute atomic E-state index is 0.311. The van der Waals surface area contributed by atoms with E-state index >= 15 is 0 Å². The van der Waals surface area contributed by atoms with E-state index < -0.39 is 5.60 Å². The highest BCUT2D eigenvalue weighted by Gasteiger charge is 2.19. The molecule has 0 radical (unpaired) electrons. The van der Waals surface area contributed by atoms with E-state index in [9.17, 15) is 5.11 Å². The van der Waals surface area contributed by atoms with Crippen molar-refractivity contribution in [3.63, 3.8) is 0 Å². The van der Waals surface area contributed by atoms with Gasteiger partial charge >= 0.3 is 0 Å². The van der Waals surface area contributed by atoms with Gasteiger partial charge in [0.05, 0.1) is 5.60 Å². The zero-order chi connectivity index (χ0) is 11.2. The molecule has 0 aromatic rings. The Morgan fingerprint density at radius 1 is 1.21 bits per heavy atom. The zero-order valence-corrected chi connectivity index (χ0v) is 9.95. The second-order valence-electron chi connectivity index (χ2n) is 4.60. The van der Waals surface area contributed by atoms with Crippen LogP contribution in [-0.4, -0.2) is 67.8 Å². The number of likely N-dealkylation sites (N-methyl/N-ethyl adjacent to an activating group) is 1. The van der Waals surface area contributed by atoms with Gasteiger partial charge in [-0.3, -0.25) is 0 Å². The molecule has 0 bridgehead atoms. The first kappa shape index (κ1) is 13.8. The van der Waals surface area contributed by atoms with Gasteiger partial charge in [0.2, 0.25) is 0 Å². The summed E-state index contributed by atoms with van der Waals surface area (Å²) in [5.74, 6) is 0. The number of hydrogen-bond acceptors (Lipinski definition) is 4. The van der Waals surface area contributed by atoms with Gasteiger partial charge in [-0.2, -0.15) is 0 Å². The average molecular weight is 203 g/mol. The summed E-state index contributed by atoms with van der Waals surface area (Å²) < 4.78 is 0. The van der Waals surface area contributed by atoms with Crippen molar-refractivity contribution in [3.8, 4) is 0 Å². The highest BCUT2D eigenvalue weighted by atomic mass is 16.3. The summed E-state index contributed by atoms with van der Waals surface area (Å²) >= 11 is 0. The van der Waals surface area contributed by atoms with E-state index in [1.165, 1.54) is 0 Å². The van der Waals surface area contributed by atoms with Crippen molar-refractivity contribution < 1.29 is 5.11 Å². The lowest BCUT2D eigenvalue weighted by molar-refractivity contribution is 0.0345. The first-order chi connectivity index (χ1) is 6.37. The van der Waals surface area contributed by atoms with E-state index in [-0.39, 0.29) is 0 Å². The van der Waals surface area contributed by atoms with Gasteiger partial charge in [0.1, 0.15) is 0 Å². The first-order valence-corrected chi connectivity index (χ1v) is 5.13. The Bertz CT molecular complexity index is 148. The molecule has 0 fully saturated rings. The predicted octanol–water partition coefficient (Wildman–Crippen LogP) is -0.420. The third-order valence-corrected chi connectivity index (χ3v) is 2.20. The summed E-state index contributed by atoms with van der Waals surface area (Å²) in [6, 6.07) is 0. The lowest BCUT2D eigenvalue weighted by Gasteiger charge is -2.28. The number of nitrogens with two attached hydrogens (primary N) is 1. The van der Waals surface area contributed by atoms with Crippen LogP contribution >= 0.6 is 0 Å². The molecule has 0 aromatic carbocycles. The smallest absolute Gasteiger partial charge is 0.0867 e. The van der Waals surface area contributed by atoms with Gasteiger partial charge in [-0.15, -0.1) is 0 Å². The van der Waals surface area contributed by atoms with E-state index in [0.717, 1.165) is 19.5 Å². The molecule has 1 atom stereocenters. The molecular weight excluding hydrogens is 178 g/mol. The second kappa shape index (κ2) is 6.35. The lowest BCUT2D eigenvalue weighted by Crippen LogP contribution is -2.45. The summed E-state index contributed by atoms with van der Waals surface area (Å²) in [5.41, 5.74) is 4.69. The molecule has 4 heteroatoms. The molecule has 4 nitrogen and oxygen atoms in total. The molecule has 86 valence electrons. The van der Waals surface area contributed by atoms with E-state index in [4.69, 9.17) is 5.73 Å². The van der Waals surface area contributed by atoms with E-state index in [1.54, 1.807) is 6.92 Å². The molecule has 0 heterocycles. The summed E-state index contributed by atoms with van der Waals surface area (Å²) in [4.78, 5) is 4.28. The number of aliphatic hydroxyl groups is 1. The third-order valence-electron chi connectivity index (χ3n) is 2.20. The van der Waals surface area contributed by atoms with Crippen LogP contribution in [-0.2, 0) is 0 Å². The molecule has 0 aromatic heterocycles. The molecule has 0 aliphatic carbocycles. The summed E-state index contributed by atoms with van der Waals surface area (Å²) in [6.45, 7) is 4.79. The summed E-state index contributed by atoms with van der Waals surface area (Å²) in [5, 5.41) is 9.73. The predicted molar refractivity (Wildman–Crippen MR) is 60.3 cm³/mol. The van der Waals surface area contributed by atoms with Gasteiger partial charge in [0.15, 0.2) is 0 Å². The van der Waals surface area contributed by atoms with Crippen LogP contribution < -0.4 is 5.73 Å². The minimum Gasteiger partial charge on any atom is -0.388 e. The average Bonchev–Trinajstić information content (AvgIpc) is 2.02. The monoisotopic (exact) mass is 203 g/mol. The number of rotatable bonds is 7. The highest BCUT2D eigenvalue weighted by molar-refractivity contribution is 4.76. The molecule has 0 saturated carbocycles. The van der Waals surface area contributed by atoms with Crippen molar-refractivity contribution >= 4 is 0 Å². The molecular formula is C10H25N3O. The van der Waals surface area contributed by atoms with Crippen molar-refractivity contribution in [2.75, 3.05) is 47.3 Å². The van der Waals surface area contributed by atoms with Crippen LogP contribution in [0.15, 0.2) is 0 Å². The Labute approximate surface area is 87.7 Å².